The van der Waals surface area contributed by atoms with Gasteiger partial charge >= 0.3 is 11.9 Å². The molecule has 0 spiro atoms. The summed E-state index contributed by atoms with van der Waals surface area (Å²) in [6.45, 7) is 6.51. The van der Waals surface area contributed by atoms with Crippen LogP contribution in [-0.2, 0) is 38.0 Å². The number of carbonyl (C=O) groups excluding carboxylic acids is 2. The lowest BCUT2D eigenvalue weighted by Gasteiger charge is -2.47. The molecule has 152 valence electrons. The molecule has 2 heterocycles. The fourth-order valence-corrected chi connectivity index (χ4v) is 3.27. The number of esters is 2. The Morgan fingerprint density at radius 2 is 1.79 bits per heavy atom. The molecule has 2 saturated heterocycles. The van der Waals surface area contributed by atoms with E-state index in [2.05, 4.69) is 6.58 Å². The Bertz CT molecular complexity index is 691. The third kappa shape index (κ3) is 4.77. The van der Waals surface area contributed by atoms with Crippen molar-refractivity contribution in [3.63, 3.8) is 0 Å². The fourth-order valence-electron chi connectivity index (χ4n) is 3.27. The van der Waals surface area contributed by atoms with Crippen LogP contribution in [0.15, 0.2) is 43.0 Å². The highest BCUT2D eigenvalue weighted by Crippen LogP contribution is 2.36. The molecule has 0 aliphatic carbocycles. The number of benzene rings is 1. The van der Waals surface area contributed by atoms with Gasteiger partial charge in [0, 0.05) is 19.4 Å². The molecule has 8 heteroatoms. The average molecular weight is 392 g/mol. The zero-order valence-corrected chi connectivity index (χ0v) is 15.8. The summed E-state index contributed by atoms with van der Waals surface area (Å²) in [5, 5.41) is 0. The fraction of sp³-hybridized carbons (Fsp3) is 0.500. The van der Waals surface area contributed by atoms with E-state index in [-0.39, 0.29) is 13.2 Å². The minimum Gasteiger partial charge on any atom is -0.455 e. The van der Waals surface area contributed by atoms with Crippen LogP contribution in [0.1, 0.15) is 25.7 Å². The van der Waals surface area contributed by atoms with Crippen LogP contribution in [0.4, 0.5) is 0 Å². The molecule has 0 unspecified atom stereocenters. The van der Waals surface area contributed by atoms with Gasteiger partial charge in [-0.25, -0.2) is 0 Å². The Morgan fingerprint density at radius 3 is 2.43 bits per heavy atom. The first-order chi connectivity index (χ1) is 13.5. The minimum atomic E-state index is -0.989. The van der Waals surface area contributed by atoms with Crippen molar-refractivity contribution in [2.45, 2.75) is 50.8 Å². The number of fused-ring (bicyclic) bond motifs is 1. The third-order valence-corrected chi connectivity index (χ3v) is 4.34. The lowest BCUT2D eigenvalue weighted by atomic mass is 9.97. The summed E-state index contributed by atoms with van der Waals surface area (Å²) in [7, 11) is 0. The summed E-state index contributed by atoms with van der Waals surface area (Å²) in [6.07, 6.45) is -3.23. The summed E-state index contributed by atoms with van der Waals surface area (Å²) in [4.78, 5) is 23.4. The van der Waals surface area contributed by atoms with Gasteiger partial charge in [-0.2, -0.15) is 0 Å². The van der Waals surface area contributed by atoms with Crippen molar-refractivity contribution in [1.29, 1.82) is 0 Å². The van der Waals surface area contributed by atoms with Crippen molar-refractivity contribution in [1.82, 2.24) is 0 Å². The van der Waals surface area contributed by atoms with Crippen molar-refractivity contribution in [2.75, 3.05) is 13.2 Å². The summed E-state index contributed by atoms with van der Waals surface area (Å²) in [6, 6.07) is 9.37. The molecule has 8 nitrogen and oxygen atoms in total. The SMILES string of the molecule is C=CCO[C@@H]1O[C@@H]2CO[C@@H](c3ccccc3)O[C@H]2[C@H](OC(C)=O)[C@H]1OC(C)=O. The molecule has 28 heavy (non-hydrogen) atoms. The second-order valence-corrected chi connectivity index (χ2v) is 6.49. The molecular weight excluding hydrogens is 368 g/mol. The predicted molar refractivity (Wildman–Crippen MR) is 95.9 cm³/mol. The van der Waals surface area contributed by atoms with Crippen LogP contribution in [-0.4, -0.2) is 55.9 Å². The van der Waals surface area contributed by atoms with Gasteiger partial charge in [0.05, 0.1) is 13.2 Å². The van der Waals surface area contributed by atoms with Crippen LogP contribution in [0.25, 0.3) is 0 Å². The molecule has 0 radical (unpaired) electrons. The third-order valence-electron chi connectivity index (χ3n) is 4.34. The van der Waals surface area contributed by atoms with Gasteiger partial charge in [0.25, 0.3) is 0 Å². The van der Waals surface area contributed by atoms with E-state index >= 15 is 0 Å². The molecule has 0 saturated carbocycles. The van der Waals surface area contributed by atoms with Crippen molar-refractivity contribution in [3.05, 3.63) is 48.6 Å². The highest BCUT2D eigenvalue weighted by atomic mass is 16.8. The lowest BCUT2D eigenvalue weighted by molar-refractivity contribution is -0.361. The second-order valence-electron chi connectivity index (χ2n) is 6.49. The normalized spacial score (nSPS) is 32.1. The quantitative estimate of drug-likeness (QED) is 0.536. The van der Waals surface area contributed by atoms with Gasteiger partial charge < -0.3 is 28.4 Å². The Hall–Kier alpha value is -2.26. The van der Waals surface area contributed by atoms with Gasteiger partial charge in [0.15, 0.2) is 24.8 Å². The highest BCUT2D eigenvalue weighted by Gasteiger charge is 2.53. The van der Waals surface area contributed by atoms with Crippen LogP contribution in [0, 0.1) is 0 Å². The maximum atomic E-state index is 11.7. The number of rotatable bonds is 6. The number of carbonyl (C=O) groups is 2. The molecule has 1 aromatic rings. The van der Waals surface area contributed by atoms with Crippen LogP contribution >= 0.6 is 0 Å². The number of hydrogen-bond donors (Lipinski definition) is 0. The number of hydrogen-bond acceptors (Lipinski definition) is 8. The predicted octanol–water partition coefficient (Wildman–Crippen LogP) is 1.89. The monoisotopic (exact) mass is 392 g/mol. The van der Waals surface area contributed by atoms with E-state index in [4.69, 9.17) is 28.4 Å². The van der Waals surface area contributed by atoms with Crippen LogP contribution < -0.4 is 0 Å². The minimum absolute atomic E-state index is 0.168. The van der Waals surface area contributed by atoms with Crippen LogP contribution in [0.2, 0.25) is 0 Å². The largest absolute Gasteiger partial charge is 0.455 e. The van der Waals surface area contributed by atoms with Gasteiger partial charge in [-0.05, 0) is 0 Å². The molecule has 0 N–H and O–H groups in total. The first-order valence-electron chi connectivity index (χ1n) is 9.04. The molecule has 0 amide bonds. The van der Waals surface area contributed by atoms with Crippen molar-refractivity contribution >= 4 is 11.9 Å². The molecule has 3 rings (SSSR count). The zero-order valence-electron chi connectivity index (χ0n) is 15.8. The molecule has 6 atom stereocenters. The van der Waals surface area contributed by atoms with Crippen LogP contribution in [0.5, 0.6) is 0 Å². The van der Waals surface area contributed by atoms with E-state index in [0.29, 0.717) is 0 Å². The molecular formula is C20H24O8. The maximum Gasteiger partial charge on any atom is 0.303 e. The Morgan fingerprint density at radius 1 is 1.11 bits per heavy atom. The summed E-state index contributed by atoms with van der Waals surface area (Å²) in [5.41, 5.74) is 0.816. The Labute approximate surface area is 163 Å². The van der Waals surface area contributed by atoms with Gasteiger partial charge in [-0.15, -0.1) is 6.58 Å². The Balaban J connectivity index is 1.86. The number of ether oxygens (including phenoxy) is 6. The van der Waals surface area contributed by atoms with E-state index in [0.717, 1.165) is 5.56 Å². The standard InChI is InChI=1S/C20H24O8/c1-4-10-23-20-18(26-13(3)22)17(25-12(2)21)16-15(27-20)11-24-19(28-16)14-8-6-5-7-9-14/h4-9,15-20H,1,10-11H2,2-3H3/t15-,16-,17+,18-,19-,20-/m1/s1. The van der Waals surface area contributed by atoms with E-state index < -0.39 is 48.9 Å². The first-order valence-corrected chi connectivity index (χ1v) is 9.04. The van der Waals surface area contributed by atoms with Crippen molar-refractivity contribution in [2.24, 2.45) is 0 Å². The summed E-state index contributed by atoms with van der Waals surface area (Å²) >= 11 is 0. The van der Waals surface area contributed by atoms with E-state index in [9.17, 15) is 9.59 Å². The topological polar surface area (TPSA) is 89.5 Å². The van der Waals surface area contributed by atoms with Gasteiger partial charge in [-0.3, -0.25) is 9.59 Å². The van der Waals surface area contributed by atoms with Crippen molar-refractivity contribution < 1.29 is 38.0 Å². The molecule has 2 aliphatic rings. The van der Waals surface area contributed by atoms with Gasteiger partial charge in [0.2, 0.25) is 0 Å². The first kappa shape index (κ1) is 20.5. The van der Waals surface area contributed by atoms with E-state index in [1.807, 2.05) is 30.3 Å². The van der Waals surface area contributed by atoms with E-state index in [1.54, 1.807) is 6.08 Å². The maximum absolute atomic E-state index is 11.7. The molecule has 2 aliphatic heterocycles. The molecule has 1 aromatic carbocycles. The lowest BCUT2D eigenvalue weighted by Crippen LogP contribution is -2.64. The summed E-state index contributed by atoms with van der Waals surface area (Å²) < 4.78 is 34.2. The van der Waals surface area contributed by atoms with E-state index in [1.165, 1.54) is 13.8 Å². The average Bonchev–Trinajstić information content (AvgIpc) is 2.68. The van der Waals surface area contributed by atoms with Crippen molar-refractivity contribution in [3.8, 4) is 0 Å². The molecule has 0 aromatic heterocycles. The van der Waals surface area contributed by atoms with Crippen LogP contribution in [0.3, 0.4) is 0 Å². The zero-order chi connectivity index (χ0) is 20.1. The van der Waals surface area contributed by atoms with Gasteiger partial charge in [0.1, 0.15) is 12.2 Å². The summed E-state index contributed by atoms with van der Waals surface area (Å²) in [5.74, 6) is -1.08. The Kier molecular flexibility index (Phi) is 6.79. The highest BCUT2D eigenvalue weighted by molar-refractivity contribution is 5.67. The smallest absolute Gasteiger partial charge is 0.303 e. The second kappa shape index (κ2) is 9.29. The molecule has 0 bridgehead atoms. The molecule has 2 fully saturated rings. The van der Waals surface area contributed by atoms with Gasteiger partial charge in [-0.1, -0.05) is 36.4 Å².